The zero-order chi connectivity index (χ0) is 13.2. The number of carbonyl (C=O) groups is 1. The average molecular weight is 302 g/mol. The minimum atomic E-state index is -4.56. The van der Waals surface area contributed by atoms with E-state index in [1.807, 2.05) is 0 Å². The highest BCUT2D eigenvalue weighted by molar-refractivity contribution is 7.85. The van der Waals surface area contributed by atoms with E-state index in [0.717, 1.165) is 5.38 Å². The van der Waals surface area contributed by atoms with E-state index in [-0.39, 0.29) is 9.24 Å². The first-order chi connectivity index (χ1) is 7.77. The molecule has 0 aliphatic rings. The monoisotopic (exact) mass is 301 g/mol. The zero-order valence-electron chi connectivity index (χ0n) is 8.43. The number of amides is 1. The van der Waals surface area contributed by atoms with Crippen LogP contribution in [0, 0.1) is 0 Å². The Labute approximate surface area is 110 Å². The molecule has 0 radical (unpaired) electrons. The third-order valence-corrected chi connectivity index (χ3v) is 3.48. The molecular formula is C9H7ClF3NOS2. The predicted octanol–water partition coefficient (Wildman–Crippen LogP) is 4.19. The van der Waals surface area contributed by atoms with Gasteiger partial charge in [-0.1, -0.05) is 17.7 Å². The lowest BCUT2D eigenvalue weighted by atomic mass is 10.3. The highest BCUT2D eigenvalue weighted by Crippen LogP contribution is 2.42. The Bertz CT molecular complexity index is 467. The molecule has 1 aromatic rings. The number of thiol groups is 1. The van der Waals surface area contributed by atoms with Gasteiger partial charge in [-0.25, -0.2) is 0 Å². The van der Waals surface area contributed by atoms with Crippen molar-refractivity contribution in [3.05, 3.63) is 26.3 Å². The largest absolute Gasteiger partial charge is 0.419 e. The van der Waals surface area contributed by atoms with Crippen molar-refractivity contribution >= 4 is 47.2 Å². The predicted molar refractivity (Wildman–Crippen MR) is 65.7 cm³/mol. The van der Waals surface area contributed by atoms with Crippen LogP contribution in [-0.4, -0.2) is 5.91 Å². The Kier molecular flexibility index (Phi) is 4.51. The van der Waals surface area contributed by atoms with Gasteiger partial charge >= 0.3 is 6.18 Å². The number of halogens is 4. The van der Waals surface area contributed by atoms with Gasteiger partial charge in [-0.3, -0.25) is 4.79 Å². The van der Waals surface area contributed by atoms with Gasteiger partial charge in [0.05, 0.1) is 16.2 Å². The summed E-state index contributed by atoms with van der Waals surface area (Å²) in [6.45, 7) is 1.54. The Balaban J connectivity index is 3.07. The summed E-state index contributed by atoms with van der Waals surface area (Å²) in [5.41, 5.74) is -1.39. The van der Waals surface area contributed by atoms with Crippen LogP contribution in [0.3, 0.4) is 0 Å². The molecule has 0 aliphatic heterocycles. The highest BCUT2D eigenvalue weighted by atomic mass is 35.5. The molecule has 1 amide bonds. The summed E-state index contributed by atoms with van der Waals surface area (Å²) in [5.74, 6) is -0.735. The summed E-state index contributed by atoms with van der Waals surface area (Å²) in [6, 6.07) is 0. The second-order valence-electron chi connectivity index (χ2n) is 2.92. The van der Waals surface area contributed by atoms with Crippen LogP contribution in [0.2, 0.25) is 4.34 Å². The van der Waals surface area contributed by atoms with Crippen molar-refractivity contribution in [2.45, 2.75) is 13.1 Å². The molecule has 2 nitrogen and oxygen atoms in total. The van der Waals surface area contributed by atoms with Crippen molar-refractivity contribution in [3.8, 4) is 0 Å². The maximum Gasteiger partial charge on any atom is 0.419 e. The highest BCUT2D eigenvalue weighted by Gasteiger charge is 2.36. The quantitative estimate of drug-likeness (QED) is 0.622. The average Bonchev–Trinajstić information content (AvgIpc) is 2.58. The number of alkyl halides is 3. The van der Waals surface area contributed by atoms with Crippen molar-refractivity contribution in [2.24, 2.45) is 0 Å². The van der Waals surface area contributed by atoms with Gasteiger partial charge in [0.1, 0.15) is 4.34 Å². The van der Waals surface area contributed by atoms with Crippen molar-refractivity contribution < 1.29 is 18.0 Å². The van der Waals surface area contributed by atoms with Crippen molar-refractivity contribution in [3.63, 3.8) is 0 Å². The van der Waals surface area contributed by atoms with Crippen LogP contribution >= 0.6 is 35.6 Å². The molecule has 0 aliphatic carbocycles. The van der Waals surface area contributed by atoms with Crippen molar-refractivity contribution in [1.29, 1.82) is 0 Å². The molecule has 0 saturated heterocycles. The standard InChI is InChI=1S/C9H7ClF3NOS2/c1-2-5(16)8(15)14-6-4(9(11,12)13)3-17-7(6)10/h2-3,16H,1H3,(H,14,15)/b5-2-. The van der Waals surface area contributed by atoms with Gasteiger partial charge in [-0.2, -0.15) is 13.2 Å². The lowest BCUT2D eigenvalue weighted by Crippen LogP contribution is -2.15. The van der Waals surface area contributed by atoms with Crippen LogP contribution in [0.15, 0.2) is 16.4 Å². The smallest absolute Gasteiger partial charge is 0.319 e. The number of anilines is 1. The molecule has 8 heteroatoms. The maximum absolute atomic E-state index is 12.6. The molecule has 0 unspecified atom stereocenters. The number of hydrogen-bond donors (Lipinski definition) is 2. The Hall–Kier alpha value is -0.660. The number of carbonyl (C=O) groups excluding carboxylic acids is 1. The molecule has 1 aromatic heterocycles. The first-order valence-corrected chi connectivity index (χ1v) is 5.98. The maximum atomic E-state index is 12.6. The summed E-state index contributed by atoms with van der Waals surface area (Å²) in [6.07, 6.45) is -3.19. The molecule has 1 N–H and O–H groups in total. The van der Waals surface area contributed by atoms with E-state index in [9.17, 15) is 18.0 Å². The summed E-state index contributed by atoms with van der Waals surface area (Å²) >= 11 is 10.1. The second kappa shape index (κ2) is 5.32. The van der Waals surface area contributed by atoms with E-state index in [1.165, 1.54) is 6.08 Å². The van der Waals surface area contributed by atoms with E-state index in [1.54, 1.807) is 6.92 Å². The normalized spacial score (nSPS) is 12.7. The third-order valence-electron chi connectivity index (χ3n) is 1.80. The van der Waals surface area contributed by atoms with Crippen LogP contribution in [0.4, 0.5) is 18.9 Å². The molecule has 1 heterocycles. The van der Waals surface area contributed by atoms with Gasteiger partial charge in [0.2, 0.25) is 0 Å². The molecule has 17 heavy (non-hydrogen) atoms. The number of hydrogen-bond acceptors (Lipinski definition) is 3. The molecule has 0 spiro atoms. The van der Waals surface area contributed by atoms with E-state index in [0.29, 0.717) is 11.3 Å². The minimum absolute atomic E-state index is 0.0143. The SMILES string of the molecule is C/C=C(\S)C(=O)Nc1c(C(F)(F)F)csc1Cl. The lowest BCUT2D eigenvalue weighted by molar-refractivity contribution is -0.136. The molecule has 0 fully saturated rings. The Morgan fingerprint density at radius 1 is 1.59 bits per heavy atom. The lowest BCUT2D eigenvalue weighted by Gasteiger charge is -2.09. The fourth-order valence-electron chi connectivity index (χ4n) is 0.968. The summed E-state index contributed by atoms with van der Waals surface area (Å²) < 4.78 is 37.6. The van der Waals surface area contributed by atoms with Gasteiger partial charge in [0.25, 0.3) is 5.91 Å². The van der Waals surface area contributed by atoms with Gasteiger partial charge in [0, 0.05) is 5.38 Å². The summed E-state index contributed by atoms with van der Waals surface area (Å²) in [4.78, 5) is 11.4. The fourth-order valence-corrected chi connectivity index (χ4v) is 2.06. The summed E-state index contributed by atoms with van der Waals surface area (Å²) in [7, 11) is 0. The first kappa shape index (κ1) is 14.4. The molecule has 1 rings (SSSR count). The number of nitrogens with one attached hydrogen (secondary N) is 1. The molecule has 0 atom stereocenters. The van der Waals surface area contributed by atoms with Crippen LogP contribution in [0.5, 0.6) is 0 Å². The fraction of sp³-hybridized carbons (Fsp3) is 0.222. The van der Waals surface area contributed by atoms with Crippen LogP contribution in [0.1, 0.15) is 12.5 Å². The number of rotatable bonds is 2. The number of thiophene rings is 1. The molecule has 94 valence electrons. The molecule has 0 aromatic carbocycles. The van der Waals surface area contributed by atoms with E-state index >= 15 is 0 Å². The zero-order valence-corrected chi connectivity index (χ0v) is 10.9. The molecule has 0 bridgehead atoms. The van der Waals surface area contributed by atoms with Gasteiger partial charge in [-0.15, -0.1) is 24.0 Å². The first-order valence-electron chi connectivity index (χ1n) is 4.28. The molecule has 0 saturated carbocycles. The van der Waals surface area contributed by atoms with Crippen molar-refractivity contribution in [1.82, 2.24) is 0 Å². The van der Waals surface area contributed by atoms with Gasteiger partial charge < -0.3 is 5.32 Å². The van der Waals surface area contributed by atoms with Gasteiger partial charge in [-0.05, 0) is 6.92 Å². The van der Waals surface area contributed by atoms with Crippen LogP contribution in [0.25, 0.3) is 0 Å². The third kappa shape index (κ3) is 3.40. The second-order valence-corrected chi connectivity index (χ2v) is 4.89. The van der Waals surface area contributed by atoms with E-state index < -0.39 is 23.3 Å². The minimum Gasteiger partial charge on any atom is -0.319 e. The van der Waals surface area contributed by atoms with Crippen molar-refractivity contribution in [2.75, 3.05) is 5.32 Å². The topological polar surface area (TPSA) is 29.1 Å². The Morgan fingerprint density at radius 2 is 2.18 bits per heavy atom. The van der Waals surface area contributed by atoms with Crippen LogP contribution in [-0.2, 0) is 11.0 Å². The molecular weight excluding hydrogens is 295 g/mol. The van der Waals surface area contributed by atoms with E-state index in [4.69, 9.17) is 11.6 Å². The van der Waals surface area contributed by atoms with E-state index in [2.05, 4.69) is 17.9 Å². The number of allylic oxidation sites excluding steroid dienone is 1. The van der Waals surface area contributed by atoms with Gasteiger partial charge in [0.15, 0.2) is 0 Å². The Morgan fingerprint density at radius 3 is 2.65 bits per heavy atom. The van der Waals surface area contributed by atoms with Crippen LogP contribution < -0.4 is 5.32 Å². The summed E-state index contributed by atoms with van der Waals surface area (Å²) in [5, 5.41) is 2.94.